The molecule has 0 unspecified atom stereocenters. The molecule has 1 heterocycles. The van der Waals surface area contributed by atoms with Gasteiger partial charge in [0.1, 0.15) is 0 Å². The fourth-order valence-electron chi connectivity index (χ4n) is 3.23. The highest BCUT2D eigenvalue weighted by atomic mass is 79.9. The Morgan fingerprint density at radius 2 is 1.80 bits per heavy atom. The van der Waals surface area contributed by atoms with Gasteiger partial charge in [0.15, 0.2) is 0 Å². The molecule has 0 N–H and O–H groups in total. The molecule has 3 rings (SSSR count). The molecule has 0 aliphatic rings. The van der Waals surface area contributed by atoms with Crippen LogP contribution in [0.3, 0.4) is 0 Å². The van der Waals surface area contributed by atoms with Crippen molar-refractivity contribution in [3.63, 3.8) is 0 Å². The molecule has 0 aliphatic heterocycles. The van der Waals surface area contributed by atoms with Crippen LogP contribution in [0.25, 0.3) is 12.2 Å². The molecule has 0 aliphatic carbocycles. The van der Waals surface area contributed by atoms with Crippen LogP contribution in [-0.4, -0.2) is 17.6 Å². The van der Waals surface area contributed by atoms with Gasteiger partial charge in [-0.2, -0.15) is 0 Å². The van der Waals surface area contributed by atoms with Crippen molar-refractivity contribution < 1.29 is 9.53 Å². The number of rotatable bonds is 7. The molecule has 4 nitrogen and oxygen atoms in total. The highest BCUT2D eigenvalue weighted by Gasteiger charge is 2.08. The second kappa shape index (κ2) is 10.2. The Hall–Kier alpha value is -2.92. The van der Waals surface area contributed by atoms with Crippen LogP contribution in [0.4, 0.5) is 0 Å². The van der Waals surface area contributed by atoms with Crippen LogP contribution >= 0.6 is 15.9 Å². The van der Waals surface area contributed by atoms with Crippen LogP contribution in [0.5, 0.6) is 0 Å². The summed E-state index contributed by atoms with van der Waals surface area (Å²) in [5.74, 6) is -0.357. The number of nitrogens with zero attached hydrogens (tertiary/aromatic N) is 1. The van der Waals surface area contributed by atoms with Crippen molar-refractivity contribution in [3.8, 4) is 0 Å². The van der Waals surface area contributed by atoms with E-state index in [9.17, 15) is 9.59 Å². The van der Waals surface area contributed by atoms with E-state index in [0.717, 1.165) is 27.7 Å². The second-order valence-corrected chi connectivity index (χ2v) is 7.78. The molecule has 5 heteroatoms. The molecular formula is C25H24BrNO3. The molecule has 0 atom stereocenters. The molecule has 0 radical (unpaired) electrons. The summed E-state index contributed by atoms with van der Waals surface area (Å²) in [5.41, 5.74) is 4.71. The van der Waals surface area contributed by atoms with E-state index in [1.807, 2.05) is 30.4 Å². The lowest BCUT2D eigenvalue weighted by Gasteiger charge is -2.12. The van der Waals surface area contributed by atoms with E-state index in [1.54, 1.807) is 28.8 Å². The van der Waals surface area contributed by atoms with Gasteiger partial charge in [-0.15, -0.1) is 0 Å². The predicted octanol–water partition coefficient (Wildman–Crippen LogP) is 5.37. The number of carbonyl (C=O) groups excluding carboxylic acids is 1. The Labute approximate surface area is 185 Å². The van der Waals surface area contributed by atoms with Crippen molar-refractivity contribution >= 4 is 34.1 Å². The Bertz CT molecular complexity index is 1110. The molecule has 0 saturated carbocycles. The molecule has 30 heavy (non-hydrogen) atoms. The molecule has 0 fully saturated rings. The SMILES string of the molecule is CCc1cccc(/C=C/c2c(Br)ccc(=O)n2CCc2ccc(C(=O)OC)cc2)c1. The molecule has 0 amide bonds. The van der Waals surface area contributed by atoms with Crippen LogP contribution in [0.15, 0.2) is 69.9 Å². The van der Waals surface area contributed by atoms with Crippen molar-refractivity contribution in [1.29, 1.82) is 0 Å². The number of esters is 1. The van der Waals surface area contributed by atoms with Crippen molar-refractivity contribution in [1.82, 2.24) is 4.57 Å². The zero-order chi connectivity index (χ0) is 21.5. The average Bonchev–Trinajstić information content (AvgIpc) is 2.78. The number of pyridine rings is 1. The lowest BCUT2D eigenvalue weighted by molar-refractivity contribution is 0.0600. The minimum atomic E-state index is -0.357. The number of ether oxygens (including phenoxy) is 1. The number of halogens is 1. The molecule has 0 bridgehead atoms. The summed E-state index contributed by atoms with van der Waals surface area (Å²) in [7, 11) is 1.36. The zero-order valence-corrected chi connectivity index (χ0v) is 18.7. The van der Waals surface area contributed by atoms with E-state index in [1.165, 1.54) is 12.7 Å². The maximum Gasteiger partial charge on any atom is 0.337 e. The van der Waals surface area contributed by atoms with Gasteiger partial charge in [0.2, 0.25) is 0 Å². The van der Waals surface area contributed by atoms with Crippen LogP contribution in [0, 0.1) is 0 Å². The van der Waals surface area contributed by atoms with Gasteiger partial charge in [-0.3, -0.25) is 4.79 Å². The number of carbonyl (C=O) groups is 1. The topological polar surface area (TPSA) is 48.3 Å². The van der Waals surface area contributed by atoms with Crippen molar-refractivity contribution in [3.05, 3.63) is 103 Å². The first-order valence-electron chi connectivity index (χ1n) is 9.85. The summed E-state index contributed by atoms with van der Waals surface area (Å²) in [6, 6.07) is 19.0. The monoisotopic (exact) mass is 465 g/mol. The fourth-order valence-corrected chi connectivity index (χ4v) is 3.70. The van der Waals surface area contributed by atoms with Gasteiger partial charge in [0.05, 0.1) is 18.4 Å². The van der Waals surface area contributed by atoms with Crippen LogP contribution in [0.2, 0.25) is 0 Å². The number of methoxy groups -OCH3 is 1. The summed E-state index contributed by atoms with van der Waals surface area (Å²) < 4.78 is 7.36. The maximum atomic E-state index is 12.6. The van der Waals surface area contributed by atoms with E-state index in [0.29, 0.717) is 18.5 Å². The second-order valence-electron chi connectivity index (χ2n) is 6.93. The van der Waals surface area contributed by atoms with Crippen molar-refractivity contribution in [2.75, 3.05) is 7.11 Å². The third-order valence-electron chi connectivity index (χ3n) is 4.97. The summed E-state index contributed by atoms with van der Waals surface area (Å²) in [4.78, 5) is 24.1. The average molecular weight is 466 g/mol. The number of hydrogen-bond donors (Lipinski definition) is 0. The number of aryl methyl sites for hydroxylation is 2. The van der Waals surface area contributed by atoms with E-state index in [2.05, 4.69) is 41.1 Å². The summed E-state index contributed by atoms with van der Waals surface area (Å²) in [6.07, 6.45) is 5.65. The quantitative estimate of drug-likeness (QED) is 0.440. The fraction of sp³-hybridized carbons (Fsp3) is 0.200. The molecule has 0 spiro atoms. The molecule has 3 aromatic rings. The third-order valence-corrected chi connectivity index (χ3v) is 5.64. The van der Waals surface area contributed by atoms with E-state index in [4.69, 9.17) is 4.74 Å². The smallest absolute Gasteiger partial charge is 0.337 e. The minimum absolute atomic E-state index is 0.0497. The molecule has 2 aromatic carbocycles. The predicted molar refractivity (Wildman–Crippen MR) is 125 cm³/mol. The first-order chi connectivity index (χ1) is 14.5. The van der Waals surface area contributed by atoms with Gasteiger partial charge < -0.3 is 9.30 Å². The largest absolute Gasteiger partial charge is 0.465 e. The minimum Gasteiger partial charge on any atom is -0.465 e. The number of aromatic nitrogens is 1. The molecule has 0 saturated heterocycles. The van der Waals surface area contributed by atoms with E-state index < -0.39 is 0 Å². The Morgan fingerprint density at radius 1 is 1.03 bits per heavy atom. The van der Waals surface area contributed by atoms with Gasteiger partial charge in [0, 0.05) is 17.1 Å². The Morgan fingerprint density at radius 3 is 2.50 bits per heavy atom. The van der Waals surface area contributed by atoms with Gasteiger partial charge >= 0.3 is 5.97 Å². The summed E-state index contributed by atoms with van der Waals surface area (Å²) >= 11 is 3.58. The van der Waals surface area contributed by atoms with E-state index >= 15 is 0 Å². The summed E-state index contributed by atoms with van der Waals surface area (Å²) in [5, 5.41) is 0. The Kier molecular flexibility index (Phi) is 7.41. The number of hydrogen-bond acceptors (Lipinski definition) is 3. The molecule has 1 aromatic heterocycles. The number of benzene rings is 2. The first-order valence-corrected chi connectivity index (χ1v) is 10.6. The zero-order valence-electron chi connectivity index (χ0n) is 17.1. The van der Waals surface area contributed by atoms with Crippen molar-refractivity contribution in [2.45, 2.75) is 26.3 Å². The summed E-state index contributed by atoms with van der Waals surface area (Å²) in [6.45, 7) is 2.66. The van der Waals surface area contributed by atoms with Gasteiger partial charge in [0.25, 0.3) is 5.56 Å². The highest BCUT2D eigenvalue weighted by Crippen LogP contribution is 2.19. The van der Waals surface area contributed by atoms with Crippen LogP contribution < -0.4 is 5.56 Å². The van der Waals surface area contributed by atoms with Gasteiger partial charge in [-0.1, -0.05) is 49.4 Å². The van der Waals surface area contributed by atoms with Gasteiger partial charge in [-0.05, 0) is 69.7 Å². The highest BCUT2D eigenvalue weighted by molar-refractivity contribution is 9.10. The standard InChI is InChI=1S/C25H24BrNO3/c1-3-18-5-4-6-20(17-18)9-13-23-22(26)12-14-24(28)27(23)16-15-19-7-10-21(11-8-19)25(29)30-2/h4-14,17H,3,15-16H2,1-2H3/b13-9+. The lowest BCUT2D eigenvalue weighted by Crippen LogP contribution is -2.22. The maximum absolute atomic E-state index is 12.6. The van der Waals surface area contributed by atoms with Crippen LogP contribution in [0.1, 0.15) is 39.7 Å². The first kappa shape index (κ1) is 21.8. The molecule has 154 valence electrons. The lowest BCUT2D eigenvalue weighted by atomic mass is 10.1. The third kappa shape index (κ3) is 5.36. The van der Waals surface area contributed by atoms with E-state index in [-0.39, 0.29) is 11.5 Å². The van der Waals surface area contributed by atoms with Gasteiger partial charge in [-0.25, -0.2) is 4.79 Å². The molecular weight excluding hydrogens is 442 g/mol. The van der Waals surface area contributed by atoms with Crippen molar-refractivity contribution in [2.24, 2.45) is 0 Å². The van der Waals surface area contributed by atoms with Crippen LogP contribution in [-0.2, 0) is 24.1 Å². The Balaban J connectivity index is 1.83. The normalized spacial score (nSPS) is 11.0.